The Balaban J connectivity index is 1.45. The molecule has 1 aromatic heterocycles. The van der Waals surface area contributed by atoms with E-state index in [2.05, 4.69) is 18.8 Å². The van der Waals surface area contributed by atoms with Gasteiger partial charge in [-0.2, -0.15) is 0 Å². The third-order valence-electron chi connectivity index (χ3n) is 6.78. The third kappa shape index (κ3) is 3.52. The maximum absolute atomic E-state index is 13.6. The van der Waals surface area contributed by atoms with Crippen molar-refractivity contribution in [2.75, 3.05) is 19.8 Å². The molecule has 0 radical (unpaired) electrons. The second kappa shape index (κ2) is 7.43. The molecule has 2 aromatic rings. The van der Waals surface area contributed by atoms with E-state index in [1.165, 1.54) is 0 Å². The molecule has 3 heterocycles. The summed E-state index contributed by atoms with van der Waals surface area (Å²) < 4.78 is 11.6. The lowest BCUT2D eigenvalue weighted by molar-refractivity contribution is 0.0729. The number of amides is 1. The molecule has 6 nitrogen and oxygen atoms in total. The van der Waals surface area contributed by atoms with Gasteiger partial charge in [-0.25, -0.2) is 0 Å². The van der Waals surface area contributed by atoms with E-state index in [1.54, 1.807) is 0 Å². The van der Waals surface area contributed by atoms with Crippen LogP contribution in [-0.2, 0) is 6.42 Å². The van der Waals surface area contributed by atoms with Crippen LogP contribution < -0.4 is 9.47 Å². The fourth-order valence-corrected chi connectivity index (χ4v) is 5.33. The van der Waals surface area contributed by atoms with Gasteiger partial charge in [-0.15, -0.1) is 0 Å². The number of likely N-dealkylation sites (tertiary alicyclic amines) is 1. The number of H-pyrrole nitrogens is 1. The van der Waals surface area contributed by atoms with E-state index in [9.17, 15) is 9.59 Å². The van der Waals surface area contributed by atoms with Gasteiger partial charge in [0, 0.05) is 30.6 Å². The normalized spacial score (nSPS) is 22.2. The summed E-state index contributed by atoms with van der Waals surface area (Å²) in [7, 11) is 0. The Bertz CT molecular complexity index is 1050. The van der Waals surface area contributed by atoms with Crippen molar-refractivity contribution in [1.82, 2.24) is 9.88 Å². The van der Waals surface area contributed by atoms with Crippen molar-refractivity contribution in [3.8, 4) is 11.5 Å². The van der Waals surface area contributed by atoms with Gasteiger partial charge in [-0.3, -0.25) is 9.59 Å². The van der Waals surface area contributed by atoms with Crippen LogP contribution in [0, 0.1) is 12.3 Å². The summed E-state index contributed by atoms with van der Waals surface area (Å²) in [6.07, 6.45) is 4.04. The number of aromatic amines is 1. The van der Waals surface area contributed by atoms with Gasteiger partial charge in [0.2, 0.25) is 0 Å². The summed E-state index contributed by atoms with van der Waals surface area (Å²) in [6.45, 7) is 8.12. The average Bonchev–Trinajstić information content (AvgIpc) is 3.24. The molecular formula is C25H30N2O4. The van der Waals surface area contributed by atoms with Crippen molar-refractivity contribution in [3.63, 3.8) is 0 Å². The molecule has 1 saturated heterocycles. The van der Waals surface area contributed by atoms with Crippen LogP contribution >= 0.6 is 0 Å². The van der Waals surface area contributed by atoms with E-state index < -0.39 is 0 Å². The van der Waals surface area contributed by atoms with Gasteiger partial charge < -0.3 is 19.4 Å². The minimum atomic E-state index is -0.0816. The number of nitrogens with zero attached hydrogens (tertiary/aromatic N) is 1. The van der Waals surface area contributed by atoms with Gasteiger partial charge in [-0.1, -0.05) is 19.9 Å². The fraction of sp³-hybridized carbons (Fsp3) is 0.520. The van der Waals surface area contributed by atoms with Crippen LogP contribution in [0.3, 0.4) is 0 Å². The molecule has 1 fully saturated rings. The molecule has 2 aliphatic heterocycles. The van der Waals surface area contributed by atoms with Gasteiger partial charge in [-0.05, 0) is 54.9 Å². The minimum Gasteiger partial charge on any atom is -0.490 e. The number of nitrogens with one attached hydrogen (secondary N) is 1. The smallest absolute Gasteiger partial charge is 0.271 e. The molecule has 1 aliphatic carbocycles. The van der Waals surface area contributed by atoms with Crippen molar-refractivity contribution in [1.29, 1.82) is 0 Å². The van der Waals surface area contributed by atoms with E-state index in [0.29, 0.717) is 31.9 Å². The van der Waals surface area contributed by atoms with Crippen LogP contribution in [0.15, 0.2) is 18.2 Å². The molecule has 0 saturated carbocycles. The van der Waals surface area contributed by atoms with E-state index in [0.717, 1.165) is 59.6 Å². The zero-order valence-corrected chi connectivity index (χ0v) is 18.5. The first kappa shape index (κ1) is 20.2. The standard InChI is InChI=1S/C25H30N2O4/c1-15-22-17(13-25(2,3)14-19(22)28)26-23(15)24(29)27-9-4-6-18(27)16-7-8-20-21(12-16)31-11-5-10-30-20/h7-8,12,18,26H,4-6,9-11,13-14H2,1-3H3/t18-/m0/s1. The summed E-state index contributed by atoms with van der Waals surface area (Å²) >= 11 is 0. The third-order valence-corrected chi connectivity index (χ3v) is 6.78. The largest absolute Gasteiger partial charge is 0.490 e. The van der Waals surface area contributed by atoms with Crippen molar-refractivity contribution in [2.45, 2.75) is 58.9 Å². The maximum atomic E-state index is 13.6. The Labute approximate surface area is 182 Å². The van der Waals surface area contributed by atoms with Gasteiger partial charge >= 0.3 is 0 Å². The monoisotopic (exact) mass is 422 g/mol. The van der Waals surface area contributed by atoms with Gasteiger partial charge in [0.05, 0.1) is 19.3 Å². The number of Topliss-reactive ketones (excluding diaryl/α,β-unsaturated/α-hetero) is 1. The van der Waals surface area contributed by atoms with Crippen LogP contribution in [0.2, 0.25) is 0 Å². The van der Waals surface area contributed by atoms with Crippen molar-refractivity contribution < 1.29 is 19.1 Å². The lowest BCUT2D eigenvalue weighted by Crippen LogP contribution is -2.31. The first-order chi connectivity index (χ1) is 14.8. The maximum Gasteiger partial charge on any atom is 0.271 e. The highest BCUT2D eigenvalue weighted by atomic mass is 16.5. The van der Waals surface area contributed by atoms with Gasteiger partial charge in [0.1, 0.15) is 5.69 Å². The Morgan fingerprint density at radius 2 is 1.90 bits per heavy atom. The second-order valence-electron chi connectivity index (χ2n) is 9.83. The zero-order valence-electron chi connectivity index (χ0n) is 18.5. The average molecular weight is 423 g/mol. The summed E-state index contributed by atoms with van der Waals surface area (Å²) in [5.41, 5.74) is 3.99. The number of hydrogen-bond acceptors (Lipinski definition) is 4. The number of rotatable bonds is 2. The topological polar surface area (TPSA) is 71.6 Å². The molecule has 6 heteroatoms. The number of ether oxygens (including phenoxy) is 2. The first-order valence-electron chi connectivity index (χ1n) is 11.3. The lowest BCUT2D eigenvalue weighted by Gasteiger charge is -2.28. The number of benzene rings is 1. The molecule has 3 aliphatic rings. The number of carbonyl (C=O) groups is 2. The van der Waals surface area contributed by atoms with E-state index in [-0.39, 0.29) is 23.1 Å². The highest BCUT2D eigenvalue weighted by Crippen LogP contribution is 2.40. The molecule has 0 spiro atoms. The van der Waals surface area contributed by atoms with E-state index in [1.807, 2.05) is 30.0 Å². The first-order valence-corrected chi connectivity index (χ1v) is 11.3. The highest BCUT2D eigenvalue weighted by molar-refractivity contribution is 6.04. The molecule has 1 atom stereocenters. The predicted molar refractivity (Wildman–Crippen MR) is 117 cm³/mol. The number of carbonyl (C=O) groups excluding carboxylic acids is 2. The Hall–Kier alpha value is -2.76. The number of hydrogen-bond donors (Lipinski definition) is 1. The van der Waals surface area contributed by atoms with Gasteiger partial charge in [0.15, 0.2) is 17.3 Å². The summed E-state index contributed by atoms with van der Waals surface area (Å²) in [4.78, 5) is 31.6. The minimum absolute atomic E-state index is 0.00322. The second-order valence-corrected chi connectivity index (χ2v) is 9.83. The van der Waals surface area contributed by atoms with Gasteiger partial charge in [0.25, 0.3) is 5.91 Å². The summed E-state index contributed by atoms with van der Waals surface area (Å²) in [5.74, 6) is 1.65. The molecule has 1 aromatic carbocycles. The molecule has 1 N–H and O–H groups in total. The van der Waals surface area contributed by atoms with Crippen LogP contribution in [0.5, 0.6) is 11.5 Å². The SMILES string of the molecule is Cc1c(C(=O)N2CCC[C@H]2c2ccc3c(c2)OCCCO3)[nH]c2c1C(=O)CC(C)(C)C2. The van der Waals surface area contributed by atoms with Crippen LogP contribution in [0.25, 0.3) is 0 Å². The zero-order chi connectivity index (χ0) is 21.8. The lowest BCUT2D eigenvalue weighted by atomic mass is 9.75. The van der Waals surface area contributed by atoms with E-state index >= 15 is 0 Å². The summed E-state index contributed by atoms with van der Waals surface area (Å²) in [5, 5.41) is 0. The highest BCUT2D eigenvalue weighted by Gasteiger charge is 2.38. The van der Waals surface area contributed by atoms with Crippen LogP contribution in [0.1, 0.15) is 83.2 Å². The number of aromatic nitrogens is 1. The van der Waals surface area contributed by atoms with Crippen molar-refractivity contribution in [3.05, 3.63) is 46.3 Å². The molecular weight excluding hydrogens is 392 g/mol. The van der Waals surface area contributed by atoms with E-state index in [4.69, 9.17) is 9.47 Å². The quantitative estimate of drug-likeness (QED) is 0.767. The van der Waals surface area contributed by atoms with Crippen LogP contribution in [-0.4, -0.2) is 41.3 Å². The summed E-state index contributed by atoms with van der Waals surface area (Å²) in [6, 6.07) is 6.02. The Morgan fingerprint density at radius 1 is 1.13 bits per heavy atom. The van der Waals surface area contributed by atoms with Crippen molar-refractivity contribution in [2.24, 2.45) is 5.41 Å². The fourth-order valence-electron chi connectivity index (χ4n) is 5.33. The number of ketones is 1. The molecule has 0 unspecified atom stereocenters. The van der Waals surface area contributed by atoms with Crippen LogP contribution in [0.4, 0.5) is 0 Å². The number of fused-ring (bicyclic) bond motifs is 2. The molecule has 5 rings (SSSR count). The molecule has 164 valence electrons. The molecule has 0 bridgehead atoms. The van der Waals surface area contributed by atoms with Crippen molar-refractivity contribution >= 4 is 11.7 Å². The molecule has 31 heavy (non-hydrogen) atoms. The Morgan fingerprint density at radius 3 is 2.71 bits per heavy atom. The Kier molecular flexibility index (Phi) is 4.83. The predicted octanol–water partition coefficient (Wildman–Crippen LogP) is 4.62. The molecule has 1 amide bonds.